The average Bonchev–Trinajstić information content (AvgIpc) is 3.13. The molecule has 1 N–H and O–H groups in total. The van der Waals surface area contributed by atoms with E-state index in [9.17, 15) is 9.59 Å². The number of carbonyl (C=O) groups is 2. The highest BCUT2D eigenvalue weighted by Crippen LogP contribution is 2.17. The van der Waals surface area contributed by atoms with E-state index in [0.29, 0.717) is 6.42 Å². The van der Waals surface area contributed by atoms with E-state index < -0.39 is 0 Å². The van der Waals surface area contributed by atoms with Crippen molar-refractivity contribution in [1.82, 2.24) is 15.1 Å². The Morgan fingerprint density at radius 1 is 1.04 bits per heavy atom. The highest BCUT2D eigenvalue weighted by molar-refractivity contribution is 5.79. The fourth-order valence-corrected chi connectivity index (χ4v) is 3.77. The highest BCUT2D eigenvalue weighted by Gasteiger charge is 2.28. The molecule has 0 atom stereocenters. The van der Waals surface area contributed by atoms with Gasteiger partial charge in [-0.15, -0.1) is 0 Å². The van der Waals surface area contributed by atoms with E-state index in [2.05, 4.69) is 23.5 Å². The lowest BCUT2D eigenvalue weighted by Crippen LogP contribution is -2.50. The van der Waals surface area contributed by atoms with Crippen molar-refractivity contribution < 1.29 is 9.59 Å². The standard InChI is InChI=1S/C20H29N3O2/c1-15-5-6-16(2)17(13-15)14-19(24)21-18-7-11-23(12-8-18)20(25)22-9-3-4-10-22/h5-6,13,18H,3-4,7-12,14H2,1-2H3,(H,21,24). The summed E-state index contributed by atoms with van der Waals surface area (Å²) < 4.78 is 0. The molecule has 0 aliphatic carbocycles. The van der Waals surface area contributed by atoms with Crippen LogP contribution >= 0.6 is 0 Å². The van der Waals surface area contributed by atoms with Gasteiger partial charge in [0, 0.05) is 32.2 Å². The molecule has 2 heterocycles. The number of urea groups is 1. The largest absolute Gasteiger partial charge is 0.353 e. The van der Waals surface area contributed by atoms with Crippen molar-refractivity contribution in [3.63, 3.8) is 0 Å². The monoisotopic (exact) mass is 343 g/mol. The Kier molecular flexibility index (Phi) is 5.61. The van der Waals surface area contributed by atoms with E-state index in [0.717, 1.165) is 63.0 Å². The Morgan fingerprint density at radius 3 is 2.36 bits per heavy atom. The molecule has 0 bridgehead atoms. The van der Waals surface area contributed by atoms with Crippen LogP contribution in [0.5, 0.6) is 0 Å². The Morgan fingerprint density at radius 2 is 1.68 bits per heavy atom. The van der Waals surface area contributed by atoms with Gasteiger partial charge in [0.15, 0.2) is 0 Å². The predicted molar refractivity (Wildman–Crippen MR) is 98.6 cm³/mol. The molecule has 5 heteroatoms. The highest BCUT2D eigenvalue weighted by atomic mass is 16.2. The van der Waals surface area contributed by atoms with E-state index in [4.69, 9.17) is 0 Å². The number of benzene rings is 1. The normalized spacial score (nSPS) is 18.5. The van der Waals surface area contributed by atoms with Crippen molar-refractivity contribution in [2.24, 2.45) is 0 Å². The number of carbonyl (C=O) groups excluding carboxylic acids is 2. The lowest BCUT2D eigenvalue weighted by molar-refractivity contribution is -0.121. The molecule has 2 saturated heterocycles. The van der Waals surface area contributed by atoms with Crippen LogP contribution in [-0.4, -0.2) is 54.0 Å². The van der Waals surface area contributed by atoms with Crippen molar-refractivity contribution >= 4 is 11.9 Å². The van der Waals surface area contributed by atoms with E-state index in [1.807, 2.05) is 23.6 Å². The van der Waals surface area contributed by atoms with Crippen molar-refractivity contribution in [3.05, 3.63) is 34.9 Å². The zero-order valence-electron chi connectivity index (χ0n) is 15.4. The molecule has 0 radical (unpaired) electrons. The molecule has 1 aromatic rings. The van der Waals surface area contributed by atoms with E-state index in [1.165, 1.54) is 5.56 Å². The van der Waals surface area contributed by atoms with Crippen LogP contribution in [0.25, 0.3) is 0 Å². The summed E-state index contributed by atoms with van der Waals surface area (Å²) in [5.74, 6) is 0.0815. The number of likely N-dealkylation sites (tertiary alicyclic amines) is 2. The van der Waals surface area contributed by atoms with Crippen molar-refractivity contribution in [2.75, 3.05) is 26.2 Å². The molecule has 1 aromatic carbocycles. The van der Waals surface area contributed by atoms with Gasteiger partial charge in [0.2, 0.25) is 5.91 Å². The van der Waals surface area contributed by atoms with Crippen molar-refractivity contribution in [3.8, 4) is 0 Å². The number of rotatable bonds is 3. The summed E-state index contributed by atoms with van der Waals surface area (Å²) in [5, 5.41) is 3.15. The van der Waals surface area contributed by atoms with Gasteiger partial charge in [-0.1, -0.05) is 23.8 Å². The summed E-state index contributed by atoms with van der Waals surface area (Å²) in [7, 11) is 0. The average molecular weight is 343 g/mol. The number of hydrogen-bond acceptors (Lipinski definition) is 2. The molecule has 25 heavy (non-hydrogen) atoms. The van der Waals surface area contributed by atoms with E-state index in [-0.39, 0.29) is 18.0 Å². The molecule has 3 rings (SSSR count). The predicted octanol–water partition coefficient (Wildman–Crippen LogP) is 2.64. The van der Waals surface area contributed by atoms with Crippen LogP contribution in [0.4, 0.5) is 4.79 Å². The number of nitrogens with zero attached hydrogens (tertiary/aromatic N) is 2. The van der Waals surface area contributed by atoms with Crippen LogP contribution in [0, 0.1) is 13.8 Å². The first-order chi connectivity index (χ1) is 12.0. The third-order valence-corrected chi connectivity index (χ3v) is 5.36. The quantitative estimate of drug-likeness (QED) is 0.917. The Hall–Kier alpha value is -2.04. The first kappa shape index (κ1) is 17.8. The second-order valence-corrected chi connectivity index (χ2v) is 7.41. The molecule has 2 aliphatic heterocycles. The smallest absolute Gasteiger partial charge is 0.319 e. The number of nitrogens with one attached hydrogen (secondary N) is 1. The number of piperidine rings is 1. The summed E-state index contributed by atoms with van der Waals surface area (Å²) in [6, 6.07) is 6.59. The minimum atomic E-state index is 0.0815. The fourth-order valence-electron chi connectivity index (χ4n) is 3.77. The van der Waals surface area contributed by atoms with Crippen LogP contribution in [0.15, 0.2) is 18.2 Å². The van der Waals surface area contributed by atoms with Gasteiger partial charge in [-0.25, -0.2) is 4.79 Å². The first-order valence-corrected chi connectivity index (χ1v) is 9.42. The molecule has 0 saturated carbocycles. The molecule has 0 spiro atoms. The number of amides is 3. The van der Waals surface area contributed by atoms with Gasteiger partial charge in [0.05, 0.1) is 6.42 Å². The Bertz CT molecular complexity index is 630. The second kappa shape index (κ2) is 7.89. The Balaban J connectivity index is 1.46. The van der Waals surface area contributed by atoms with Gasteiger partial charge in [-0.05, 0) is 50.7 Å². The molecule has 5 nitrogen and oxygen atoms in total. The van der Waals surface area contributed by atoms with Crippen LogP contribution in [0.3, 0.4) is 0 Å². The molecule has 2 aliphatic rings. The summed E-state index contributed by atoms with van der Waals surface area (Å²) in [6.45, 7) is 7.36. The van der Waals surface area contributed by atoms with Gasteiger partial charge >= 0.3 is 6.03 Å². The second-order valence-electron chi connectivity index (χ2n) is 7.41. The third kappa shape index (κ3) is 4.53. The van der Waals surface area contributed by atoms with Gasteiger partial charge in [0.25, 0.3) is 0 Å². The summed E-state index contributed by atoms with van der Waals surface area (Å²) in [5.41, 5.74) is 3.44. The van der Waals surface area contributed by atoms with E-state index >= 15 is 0 Å². The molecule has 0 aromatic heterocycles. The third-order valence-electron chi connectivity index (χ3n) is 5.36. The number of hydrogen-bond donors (Lipinski definition) is 1. The maximum absolute atomic E-state index is 12.4. The Labute approximate surface area is 150 Å². The van der Waals surface area contributed by atoms with E-state index in [1.54, 1.807) is 0 Å². The molecule has 3 amide bonds. The van der Waals surface area contributed by atoms with Gasteiger partial charge in [-0.2, -0.15) is 0 Å². The van der Waals surface area contributed by atoms with Crippen LogP contribution in [0.1, 0.15) is 42.4 Å². The molecule has 0 unspecified atom stereocenters. The zero-order chi connectivity index (χ0) is 17.8. The molecule has 136 valence electrons. The zero-order valence-corrected chi connectivity index (χ0v) is 15.4. The minimum absolute atomic E-state index is 0.0815. The number of aryl methyl sites for hydroxylation is 2. The van der Waals surface area contributed by atoms with Gasteiger partial charge < -0.3 is 15.1 Å². The SMILES string of the molecule is Cc1ccc(C)c(CC(=O)NC2CCN(C(=O)N3CCCC3)CC2)c1. The van der Waals surface area contributed by atoms with Crippen LogP contribution in [0.2, 0.25) is 0 Å². The summed E-state index contributed by atoms with van der Waals surface area (Å²) in [6.07, 6.45) is 4.37. The molecular weight excluding hydrogens is 314 g/mol. The summed E-state index contributed by atoms with van der Waals surface area (Å²) in [4.78, 5) is 28.7. The minimum Gasteiger partial charge on any atom is -0.353 e. The summed E-state index contributed by atoms with van der Waals surface area (Å²) >= 11 is 0. The van der Waals surface area contributed by atoms with Crippen LogP contribution in [-0.2, 0) is 11.2 Å². The van der Waals surface area contributed by atoms with Gasteiger partial charge in [-0.3, -0.25) is 4.79 Å². The van der Waals surface area contributed by atoms with Crippen LogP contribution < -0.4 is 5.32 Å². The lowest BCUT2D eigenvalue weighted by atomic mass is 10.0. The topological polar surface area (TPSA) is 52.7 Å². The van der Waals surface area contributed by atoms with Gasteiger partial charge in [0.1, 0.15) is 0 Å². The maximum Gasteiger partial charge on any atom is 0.319 e. The molecular formula is C20H29N3O2. The van der Waals surface area contributed by atoms with Crippen molar-refractivity contribution in [2.45, 2.75) is 52.0 Å². The maximum atomic E-state index is 12.4. The first-order valence-electron chi connectivity index (χ1n) is 9.42. The van der Waals surface area contributed by atoms with Crippen molar-refractivity contribution in [1.29, 1.82) is 0 Å². The molecule has 2 fully saturated rings. The fraction of sp³-hybridized carbons (Fsp3) is 0.600. The lowest BCUT2D eigenvalue weighted by Gasteiger charge is -2.34.